The molecule has 1 aliphatic heterocycles. The smallest absolute Gasteiger partial charge is 0.312 e. The lowest BCUT2D eigenvalue weighted by atomic mass is 9.96. The van der Waals surface area contributed by atoms with E-state index in [1.165, 1.54) is 11.1 Å². The van der Waals surface area contributed by atoms with E-state index >= 15 is 0 Å². The lowest BCUT2D eigenvalue weighted by Crippen LogP contribution is -2.10. The number of nitrogens with zero attached hydrogens (tertiary/aromatic N) is 1. The van der Waals surface area contributed by atoms with E-state index in [9.17, 15) is 4.79 Å². The number of oxime groups is 1. The average Bonchev–Trinajstić information content (AvgIpc) is 3.11. The van der Waals surface area contributed by atoms with Crippen molar-refractivity contribution >= 4 is 11.7 Å². The van der Waals surface area contributed by atoms with Crippen LogP contribution in [0.2, 0.25) is 0 Å². The average molecular weight is 275 g/mol. The Bertz CT molecular complexity index is 761. The van der Waals surface area contributed by atoms with Crippen LogP contribution in [0.15, 0.2) is 70.9 Å². The van der Waals surface area contributed by atoms with Crippen LogP contribution in [0, 0.1) is 0 Å². The Labute approximate surface area is 122 Å². The minimum Gasteiger partial charge on any atom is -0.312 e. The summed E-state index contributed by atoms with van der Waals surface area (Å²) >= 11 is 0. The summed E-state index contributed by atoms with van der Waals surface area (Å²) in [6.07, 6.45) is 1.60. The number of rotatable bonds is 1. The summed E-state index contributed by atoms with van der Waals surface area (Å²) in [7, 11) is 0. The highest BCUT2D eigenvalue weighted by Crippen LogP contribution is 2.31. The van der Waals surface area contributed by atoms with E-state index < -0.39 is 0 Å². The number of allylic oxidation sites excluding steroid dienone is 1. The van der Waals surface area contributed by atoms with Crippen molar-refractivity contribution in [1.29, 1.82) is 0 Å². The summed E-state index contributed by atoms with van der Waals surface area (Å²) in [5.74, 6) is -0.336. The standard InChI is InChI=1S/C18H13NO2/c20-18-16(15-10-13-8-4-5-9-14(13)11-15)17(19-21-18)12-6-2-1-3-7-12/h1-9H,10-11H2. The number of carbonyl (C=O) groups is 1. The zero-order chi connectivity index (χ0) is 14.2. The monoisotopic (exact) mass is 275 g/mol. The van der Waals surface area contributed by atoms with Gasteiger partial charge in [0.2, 0.25) is 0 Å². The van der Waals surface area contributed by atoms with Crippen molar-refractivity contribution < 1.29 is 9.63 Å². The highest BCUT2D eigenvalue weighted by atomic mass is 16.7. The van der Waals surface area contributed by atoms with E-state index in [1.54, 1.807) is 0 Å². The fourth-order valence-electron chi connectivity index (χ4n) is 2.98. The van der Waals surface area contributed by atoms with Gasteiger partial charge in [0.25, 0.3) is 0 Å². The molecule has 0 spiro atoms. The Morgan fingerprint density at radius 3 is 2.14 bits per heavy atom. The molecule has 0 saturated heterocycles. The summed E-state index contributed by atoms with van der Waals surface area (Å²) in [5.41, 5.74) is 5.88. The second kappa shape index (κ2) is 4.70. The Hall–Kier alpha value is -2.68. The van der Waals surface area contributed by atoms with Crippen molar-refractivity contribution in [2.75, 3.05) is 0 Å². The Balaban J connectivity index is 1.79. The molecule has 21 heavy (non-hydrogen) atoms. The van der Waals surface area contributed by atoms with Gasteiger partial charge >= 0.3 is 5.97 Å². The number of fused-ring (bicyclic) bond motifs is 1. The molecule has 4 rings (SSSR count). The number of carbonyl (C=O) groups excluding carboxylic acids is 1. The van der Waals surface area contributed by atoms with Crippen LogP contribution in [0.3, 0.4) is 0 Å². The summed E-state index contributed by atoms with van der Waals surface area (Å²) in [6.45, 7) is 0. The van der Waals surface area contributed by atoms with Crippen LogP contribution in [0.1, 0.15) is 16.7 Å². The number of benzene rings is 2. The van der Waals surface area contributed by atoms with Gasteiger partial charge in [0.1, 0.15) is 5.71 Å². The van der Waals surface area contributed by atoms with Crippen LogP contribution < -0.4 is 0 Å². The normalized spacial score (nSPS) is 16.8. The lowest BCUT2D eigenvalue weighted by Gasteiger charge is -2.04. The van der Waals surface area contributed by atoms with E-state index in [1.807, 2.05) is 42.5 Å². The first kappa shape index (κ1) is 12.1. The van der Waals surface area contributed by atoms with Crippen LogP contribution in [-0.2, 0) is 22.5 Å². The SMILES string of the molecule is O=C1ON=C(c2ccccc2)C1=C1Cc2ccccc2C1. The molecule has 2 aliphatic rings. The van der Waals surface area contributed by atoms with Gasteiger partial charge in [0, 0.05) is 5.56 Å². The molecule has 3 heteroatoms. The van der Waals surface area contributed by atoms with Crippen molar-refractivity contribution in [2.45, 2.75) is 12.8 Å². The molecule has 0 aromatic heterocycles. The van der Waals surface area contributed by atoms with Gasteiger partial charge in [-0.25, -0.2) is 4.79 Å². The van der Waals surface area contributed by atoms with Crippen LogP contribution in [0.25, 0.3) is 0 Å². The molecular weight excluding hydrogens is 262 g/mol. The van der Waals surface area contributed by atoms with Gasteiger partial charge in [-0.1, -0.05) is 59.8 Å². The van der Waals surface area contributed by atoms with Crippen molar-refractivity contribution in [1.82, 2.24) is 0 Å². The maximum Gasteiger partial charge on any atom is 0.368 e. The maximum atomic E-state index is 12.1. The molecule has 102 valence electrons. The van der Waals surface area contributed by atoms with Crippen molar-refractivity contribution in [3.63, 3.8) is 0 Å². The third-order valence-electron chi connectivity index (χ3n) is 3.99. The molecule has 0 amide bonds. The number of hydrogen-bond acceptors (Lipinski definition) is 3. The van der Waals surface area contributed by atoms with Gasteiger partial charge in [0.15, 0.2) is 0 Å². The lowest BCUT2D eigenvalue weighted by molar-refractivity contribution is -0.136. The first-order chi connectivity index (χ1) is 10.3. The van der Waals surface area contributed by atoms with Gasteiger partial charge < -0.3 is 4.84 Å². The predicted molar refractivity (Wildman–Crippen MR) is 79.9 cm³/mol. The first-order valence-electron chi connectivity index (χ1n) is 6.97. The topological polar surface area (TPSA) is 38.7 Å². The minimum atomic E-state index is -0.336. The van der Waals surface area contributed by atoms with Crippen molar-refractivity contribution in [3.8, 4) is 0 Å². The molecule has 1 heterocycles. The minimum absolute atomic E-state index is 0.336. The van der Waals surface area contributed by atoms with Crippen molar-refractivity contribution in [3.05, 3.63) is 82.4 Å². The summed E-state index contributed by atoms with van der Waals surface area (Å²) in [4.78, 5) is 17.0. The number of hydrogen-bond donors (Lipinski definition) is 0. The molecule has 0 atom stereocenters. The van der Waals surface area contributed by atoms with E-state index in [-0.39, 0.29) is 5.97 Å². The Morgan fingerprint density at radius 1 is 0.857 bits per heavy atom. The molecule has 0 fully saturated rings. The fraction of sp³-hybridized carbons (Fsp3) is 0.111. The van der Waals surface area contributed by atoms with E-state index in [0.29, 0.717) is 11.3 Å². The quantitative estimate of drug-likeness (QED) is 0.592. The van der Waals surface area contributed by atoms with Gasteiger partial charge in [0.05, 0.1) is 5.57 Å². The van der Waals surface area contributed by atoms with Gasteiger partial charge in [-0.15, -0.1) is 0 Å². The molecule has 1 aliphatic carbocycles. The van der Waals surface area contributed by atoms with E-state index in [4.69, 9.17) is 4.84 Å². The molecule has 2 aromatic rings. The van der Waals surface area contributed by atoms with Crippen LogP contribution in [0.4, 0.5) is 0 Å². The fourth-order valence-corrected chi connectivity index (χ4v) is 2.98. The molecular formula is C18H13NO2. The zero-order valence-electron chi connectivity index (χ0n) is 11.4. The van der Waals surface area contributed by atoms with E-state index in [2.05, 4.69) is 17.3 Å². The molecule has 0 unspecified atom stereocenters. The molecule has 0 N–H and O–H groups in total. The molecule has 0 radical (unpaired) electrons. The van der Waals surface area contributed by atoms with Crippen molar-refractivity contribution in [2.24, 2.45) is 5.16 Å². The van der Waals surface area contributed by atoms with Crippen LogP contribution >= 0.6 is 0 Å². The molecule has 0 saturated carbocycles. The van der Waals surface area contributed by atoms with Gasteiger partial charge in [-0.2, -0.15) is 0 Å². The predicted octanol–water partition coefficient (Wildman–Crippen LogP) is 3.04. The first-order valence-corrected chi connectivity index (χ1v) is 6.97. The van der Waals surface area contributed by atoms with Crippen LogP contribution in [-0.4, -0.2) is 11.7 Å². The van der Waals surface area contributed by atoms with E-state index in [0.717, 1.165) is 24.0 Å². The molecule has 2 aromatic carbocycles. The summed E-state index contributed by atoms with van der Waals surface area (Å²) < 4.78 is 0. The Kier molecular flexibility index (Phi) is 2.71. The highest BCUT2D eigenvalue weighted by Gasteiger charge is 2.32. The van der Waals surface area contributed by atoms with Gasteiger partial charge in [-0.05, 0) is 29.5 Å². The summed E-state index contributed by atoms with van der Waals surface area (Å²) in [5, 5.41) is 3.99. The largest absolute Gasteiger partial charge is 0.368 e. The second-order valence-corrected chi connectivity index (χ2v) is 5.29. The summed E-state index contributed by atoms with van der Waals surface area (Å²) in [6, 6.07) is 18.0. The molecule has 3 nitrogen and oxygen atoms in total. The third-order valence-corrected chi connectivity index (χ3v) is 3.99. The second-order valence-electron chi connectivity index (χ2n) is 5.29. The zero-order valence-corrected chi connectivity index (χ0v) is 11.4. The van der Waals surface area contributed by atoms with Crippen LogP contribution in [0.5, 0.6) is 0 Å². The third kappa shape index (κ3) is 1.98. The molecule has 0 bridgehead atoms. The Morgan fingerprint density at radius 2 is 1.48 bits per heavy atom. The maximum absolute atomic E-state index is 12.1. The van der Waals surface area contributed by atoms with Gasteiger partial charge in [-0.3, -0.25) is 0 Å². The highest BCUT2D eigenvalue weighted by molar-refractivity contribution is 6.29.